The maximum absolute atomic E-state index is 13.0. The highest BCUT2D eigenvalue weighted by atomic mass is 16.3. The fourth-order valence-corrected chi connectivity index (χ4v) is 3.79. The molecule has 4 nitrogen and oxygen atoms in total. The summed E-state index contributed by atoms with van der Waals surface area (Å²) in [6.07, 6.45) is 1.35. The summed E-state index contributed by atoms with van der Waals surface area (Å²) >= 11 is 0. The number of nitrogens with two attached hydrogens (primary N) is 1. The third kappa shape index (κ3) is 3.54. The van der Waals surface area contributed by atoms with Gasteiger partial charge in [-0.1, -0.05) is 24.3 Å². The Kier molecular flexibility index (Phi) is 4.82. The number of aromatic hydroxyl groups is 1. The van der Waals surface area contributed by atoms with Crippen molar-refractivity contribution in [3.8, 4) is 5.75 Å². The van der Waals surface area contributed by atoms with Crippen LogP contribution in [0.1, 0.15) is 34.7 Å². The normalized spacial score (nSPS) is 17.9. The van der Waals surface area contributed by atoms with E-state index >= 15 is 0 Å². The van der Waals surface area contributed by atoms with E-state index in [0.29, 0.717) is 13.0 Å². The van der Waals surface area contributed by atoms with E-state index in [-0.39, 0.29) is 17.7 Å². The van der Waals surface area contributed by atoms with Crippen molar-refractivity contribution in [1.29, 1.82) is 0 Å². The summed E-state index contributed by atoms with van der Waals surface area (Å²) in [7, 11) is 0. The molecule has 2 aromatic carbocycles. The van der Waals surface area contributed by atoms with Gasteiger partial charge in [0.2, 0.25) is 5.91 Å². The highest BCUT2D eigenvalue weighted by Crippen LogP contribution is 2.25. The lowest BCUT2D eigenvalue weighted by Crippen LogP contribution is -2.50. The van der Waals surface area contributed by atoms with Gasteiger partial charge in [-0.15, -0.1) is 0 Å². The molecule has 0 spiro atoms. The van der Waals surface area contributed by atoms with Crippen molar-refractivity contribution in [2.24, 2.45) is 5.73 Å². The Bertz CT molecular complexity index is 777. The van der Waals surface area contributed by atoms with Crippen molar-refractivity contribution in [1.82, 2.24) is 4.90 Å². The molecule has 2 aromatic rings. The number of aryl methyl sites for hydroxylation is 2. The van der Waals surface area contributed by atoms with Crippen molar-refractivity contribution in [2.45, 2.75) is 52.2 Å². The summed E-state index contributed by atoms with van der Waals surface area (Å²) in [5.74, 6) is 0.244. The highest BCUT2D eigenvalue weighted by molar-refractivity contribution is 5.82. The van der Waals surface area contributed by atoms with Gasteiger partial charge >= 0.3 is 0 Å². The number of amides is 1. The lowest BCUT2D eigenvalue weighted by atomic mass is 9.92. The molecule has 0 unspecified atom stereocenters. The van der Waals surface area contributed by atoms with Crippen LogP contribution in [0.2, 0.25) is 0 Å². The molecule has 1 heterocycles. The zero-order valence-corrected chi connectivity index (χ0v) is 15.1. The molecule has 25 heavy (non-hydrogen) atoms. The maximum Gasteiger partial charge on any atom is 0.240 e. The van der Waals surface area contributed by atoms with Crippen molar-refractivity contribution < 1.29 is 9.90 Å². The van der Waals surface area contributed by atoms with Crippen LogP contribution in [0.5, 0.6) is 5.75 Å². The molecule has 132 valence electrons. The number of carbonyl (C=O) groups is 1. The molecule has 0 aliphatic carbocycles. The lowest BCUT2D eigenvalue weighted by molar-refractivity contribution is -0.135. The van der Waals surface area contributed by atoms with Crippen LogP contribution in [0, 0.1) is 13.8 Å². The molecule has 0 aromatic heterocycles. The van der Waals surface area contributed by atoms with E-state index in [1.54, 1.807) is 12.1 Å². The second-order valence-corrected chi connectivity index (χ2v) is 7.16. The van der Waals surface area contributed by atoms with E-state index in [9.17, 15) is 9.90 Å². The number of carbonyl (C=O) groups excluding carboxylic acids is 1. The van der Waals surface area contributed by atoms with Crippen molar-refractivity contribution in [3.63, 3.8) is 0 Å². The number of phenols is 1. The average Bonchev–Trinajstić information content (AvgIpc) is 2.56. The van der Waals surface area contributed by atoms with Crippen molar-refractivity contribution in [3.05, 3.63) is 64.2 Å². The van der Waals surface area contributed by atoms with Crippen LogP contribution in [-0.2, 0) is 24.2 Å². The summed E-state index contributed by atoms with van der Waals surface area (Å²) in [6, 6.07) is 11.3. The first-order chi connectivity index (χ1) is 11.9. The van der Waals surface area contributed by atoms with Gasteiger partial charge in [0.1, 0.15) is 5.75 Å². The summed E-state index contributed by atoms with van der Waals surface area (Å²) in [6.45, 7) is 6.59. The lowest BCUT2D eigenvalue weighted by Gasteiger charge is -2.36. The fourth-order valence-electron chi connectivity index (χ4n) is 3.79. The van der Waals surface area contributed by atoms with Crippen LogP contribution in [0.25, 0.3) is 0 Å². The minimum atomic E-state index is -0.574. The molecule has 0 saturated heterocycles. The predicted octanol–water partition coefficient (Wildman–Crippen LogP) is 2.85. The molecule has 0 radical (unpaired) electrons. The SMILES string of the molecule is Cc1cc(O)cc(C)c1C[C@H](N)C(=O)N1Cc2ccccc2C[C@H]1C. The second-order valence-electron chi connectivity index (χ2n) is 7.16. The van der Waals surface area contributed by atoms with Gasteiger partial charge in [-0.3, -0.25) is 4.79 Å². The van der Waals surface area contributed by atoms with Crippen molar-refractivity contribution >= 4 is 5.91 Å². The minimum absolute atomic E-state index is 0.00567. The van der Waals surface area contributed by atoms with Gasteiger partial charge in [0, 0.05) is 12.6 Å². The van der Waals surface area contributed by atoms with E-state index in [2.05, 4.69) is 19.1 Å². The minimum Gasteiger partial charge on any atom is -0.508 e. The van der Waals surface area contributed by atoms with Gasteiger partial charge in [-0.25, -0.2) is 0 Å². The highest BCUT2D eigenvalue weighted by Gasteiger charge is 2.30. The van der Waals surface area contributed by atoms with Gasteiger partial charge in [0.25, 0.3) is 0 Å². The van der Waals surface area contributed by atoms with E-state index in [1.165, 1.54) is 11.1 Å². The maximum atomic E-state index is 13.0. The smallest absolute Gasteiger partial charge is 0.240 e. The van der Waals surface area contributed by atoms with Crippen LogP contribution >= 0.6 is 0 Å². The van der Waals surface area contributed by atoms with Crippen LogP contribution in [0.3, 0.4) is 0 Å². The van der Waals surface area contributed by atoms with Gasteiger partial charge in [0.15, 0.2) is 0 Å². The number of nitrogens with zero attached hydrogens (tertiary/aromatic N) is 1. The number of fused-ring (bicyclic) bond motifs is 1. The Hall–Kier alpha value is -2.33. The molecular formula is C21H26N2O2. The van der Waals surface area contributed by atoms with E-state index in [4.69, 9.17) is 5.73 Å². The Morgan fingerprint density at radius 1 is 1.24 bits per heavy atom. The second kappa shape index (κ2) is 6.89. The largest absolute Gasteiger partial charge is 0.508 e. The standard InChI is InChI=1S/C21H26N2O2/c1-13-8-18(24)9-14(2)19(13)11-20(22)21(25)23-12-17-7-5-4-6-16(17)10-15(23)3/h4-9,15,20,24H,10-12,22H2,1-3H3/t15-,20+/m1/s1. The molecule has 1 aliphatic rings. The molecule has 2 atom stereocenters. The Labute approximate surface area is 149 Å². The number of hydrogen-bond acceptors (Lipinski definition) is 3. The number of phenolic OH excluding ortho intramolecular Hbond substituents is 1. The van der Waals surface area contributed by atoms with Gasteiger partial charge < -0.3 is 15.7 Å². The average molecular weight is 338 g/mol. The quantitative estimate of drug-likeness (QED) is 0.904. The first-order valence-corrected chi connectivity index (χ1v) is 8.78. The van der Waals surface area contributed by atoms with Gasteiger partial charge in [-0.2, -0.15) is 0 Å². The molecular weight excluding hydrogens is 312 g/mol. The topological polar surface area (TPSA) is 66.6 Å². The zero-order chi connectivity index (χ0) is 18.1. The molecule has 4 heteroatoms. The molecule has 1 aliphatic heterocycles. The van der Waals surface area contributed by atoms with Crippen LogP contribution in [-0.4, -0.2) is 28.0 Å². The number of benzene rings is 2. The zero-order valence-electron chi connectivity index (χ0n) is 15.1. The Balaban J connectivity index is 1.77. The van der Waals surface area contributed by atoms with E-state index < -0.39 is 6.04 Å². The third-order valence-corrected chi connectivity index (χ3v) is 5.21. The number of rotatable bonds is 3. The van der Waals surface area contributed by atoms with Gasteiger partial charge in [-0.05, 0) is 73.6 Å². The summed E-state index contributed by atoms with van der Waals surface area (Å²) in [4.78, 5) is 14.9. The van der Waals surface area contributed by atoms with E-state index in [1.807, 2.05) is 30.9 Å². The summed E-state index contributed by atoms with van der Waals surface area (Å²) in [5.41, 5.74) is 11.8. The first-order valence-electron chi connectivity index (χ1n) is 8.78. The molecule has 0 fully saturated rings. The van der Waals surface area contributed by atoms with Crippen LogP contribution in [0.15, 0.2) is 36.4 Å². The molecule has 3 rings (SSSR count). The van der Waals surface area contributed by atoms with Crippen molar-refractivity contribution in [2.75, 3.05) is 0 Å². The Morgan fingerprint density at radius 2 is 1.84 bits per heavy atom. The monoisotopic (exact) mass is 338 g/mol. The van der Waals surface area contributed by atoms with E-state index in [0.717, 1.165) is 23.1 Å². The van der Waals surface area contributed by atoms with Crippen LogP contribution < -0.4 is 5.73 Å². The molecule has 1 amide bonds. The molecule has 3 N–H and O–H groups in total. The summed E-state index contributed by atoms with van der Waals surface area (Å²) < 4.78 is 0. The Morgan fingerprint density at radius 3 is 2.48 bits per heavy atom. The first kappa shape index (κ1) is 17.5. The van der Waals surface area contributed by atoms with Gasteiger partial charge in [0.05, 0.1) is 6.04 Å². The summed E-state index contributed by atoms with van der Waals surface area (Å²) in [5, 5.41) is 9.69. The molecule has 0 bridgehead atoms. The van der Waals surface area contributed by atoms with Crippen LogP contribution in [0.4, 0.5) is 0 Å². The predicted molar refractivity (Wildman–Crippen MR) is 99.4 cm³/mol. The molecule has 0 saturated carbocycles. The number of hydrogen-bond donors (Lipinski definition) is 2. The fraction of sp³-hybridized carbons (Fsp3) is 0.381. The third-order valence-electron chi connectivity index (χ3n) is 5.21.